The van der Waals surface area contributed by atoms with Crippen LogP contribution >= 0.6 is 0 Å². The van der Waals surface area contributed by atoms with Gasteiger partial charge in [0.15, 0.2) is 0 Å². The number of benzene rings is 2. The van der Waals surface area contributed by atoms with Gasteiger partial charge in [-0.05, 0) is 43.7 Å². The molecule has 2 aromatic carbocycles. The fraction of sp³-hybridized carbons (Fsp3) is 0.364. The molecule has 2 aromatic rings. The highest BCUT2D eigenvalue weighted by molar-refractivity contribution is 6.17. The Morgan fingerprint density at radius 1 is 1.00 bits per heavy atom. The molecule has 1 aliphatic heterocycles. The third-order valence-electron chi connectivity index (χ3n) is 4.65. The highest BCUT2D eigenvalue weighted by Crippen LogP contribution is 2.38. The molecule has 0 bridgehead atoms. The van der Waals surface area contributed by atoms with Crippen LogP contribution in [0.1, 0.15) is 49.9 Å². The summed E-state index contributed by atoms with van der Waals surface area (Å²) in [6.45, 7) is 5.24. The minimum absolute atomic E-state index is 0.0169. The van der Waals surface area contributed by atoms with E-state index in [-0.39, 0.29) is 11.8 Å². The van der Waals surface area contributed by atoms with Crippen LogP contribution < -0.4 is 15.5 Å². The van der Waals surface area contributed by atoms with Crippen molar-refractivity contribution < 1.29 is 9.59 Å². The maximum Gasteiger partial charge on any atom is 0.257 e. The third kappa shape index (κ3) is 4.55. The van der Waals surface area contributed by atoms with Crippen LogP contribution in [0, 0.1) is 0 Å². The molecular formula is C22H27N3O2. The monoisotopic (exact) mass is 365 g/mol. The van der Waals surface area contributed by atoms with E-state index in [1.54, 1.807) is 11.0 Å². The SMILES string of the molecule is CC(C)NCCCCCC(=O)N1c2ccccc2NC(=O)c2ccccc21. The van der Waals surface area contributed by atoms with Gasteiger partial charge in [-0.3, -0.25) is 14.5 Å². The summed E-state index contributed by atoms with van der Waals surface area (Å²) in [5.41, 5.74) is 2.55. The summed E-state index contributed by atoms with van der Waals surface area (Å²) in [6, 6.07) is 15.2. The van der Waals surface area contributed by atoms with E-state index in [4.69, 9.17) is 0 Å². The van der Waals surface area contributed by atoms with Crippen LogP contribution in [0.4, 0.5) is 17.1 Å². The Balaban J connectivity index is 1.76. The van der Waals surface area contributed by atoms with Crippen LogP contribution in [0.3, 0.4) is 0 Å². The van der Waals surface area contributed by atoms with E-state index in [1.807, 2.05) is 42.5 Å². The lowest BCUT2D eigenvalue weighted by Crippen LogP contribution is -2.26. The highest BCUT2D eigenvalue weighted by Gasteiger charge is 2.28. The molecular weight excluding hydrogens is 338 g/mol. The third-order valence-corrected chi connectivity index (χ3v) is 4.65. The molecule has 2 amide bonds. The Labute approximate surface area is 160 Å². The van der Waals surface area contributed by atoms with Crippen LogP contribution in [0.2, 0.25) is 0 Å². The average molecular weight is 365 g/mol. The van der Waals surface area contributed by atoms with Crippen molar-refractivity contribution in [2.75, 3.05) is 16.8 Å². The maximum absolute atomic E-state index is 13.1. The van der Waals surface area contributed by atoms with E-state index in [0.29, 0.717) is 29.4 Å². The number of hydrogen-bond acceptors (Lipinski definition) is 3. The van der Waals surface area contributed by atoms with E-state index >= 15 is 0 Å². The van der Waals surface area contributed by atoms with Crippen molar-refractivity contribution in [2.45, 2.75) is 45.6 Å². The van der Waals surface area contributed by atoms with E-state index in [0.717, 1.165) is 31.5 Å². The first kappa shape index (κ1) is 19.1. The molecule has 0 saturated heterocycles. The van der Waals surface area contributed by atoms with Crippen molar-refractivity contribution in [3.8, 4) is 0 Å². The second-order valence-corrected chi connectivity index (χ2v) is 7.14. The van der Waals surface area contributed by atoms with Gasteiger partial charge in [0.25, 0.3) is 5.91 Å². The van der Waals surface area contributed by atoms with Crippen molar-refractivity contribution >= 4 is 28.9 Å². The number of fused-ring (bicyclic) bond motifs is 2. The summed E-state index contributed by atoms with van der Waals surface area (Å²) in [6.07, 6.45) is 3.35. The molecule has 27 heavy (non-hydrogen) atoms. The first-order valence-electron chi connectivity index (χ1n) is 9.63. The number of carbonyl (C=O) groups excluding carboxylic acids is 2. The van der Waals surface area contributed by atoms with Crippen LogP contribution in [0.25, 0.3) is 0 Å². The van der Waals surface area contributed by atoms with Crippen molar-refractivity contribution in [1.82, 2.24) is 5.32 Å². The van der Waals surface area contributed by atoms with Gasteiger partial charge in [0.05, 0.1) is 22.6 Å². The summed E-state index contributed by atoms with van der Waals surface area (Å²) in [4.78, 5) is 27.4. The zero-order chi connectivity index (χ0) is 19.2. The zero-order valence-electron chi connectivity index (χ0n) is 16.0. The standard InChI is InChI=1S/C22H27N3O2/c1-16(2)23-15-9-3-4-14-21(26)25-19-12-7-5-10-17(19)22(27)24-18-11-6-8-13-20(18)25/h5-8,10-13,16,23H,3-4,9,14-15H2,1-2H3,(H,24,27). The van der Waals surface area contributed by atoms with Gasteiger partial charge in [0.2, 0.25) is 5.91 Å². The van der Waals surface area contributed by atoms with Crippen molar-refractivity contribution in [3.05, 3.63) is 54.1 Å². The van der Waals surface area contributed by atoms with Crippen LogP contribution in [0.15, 0.2) is 48.5 Å². The van der Waals surface area contributed by atoms with Gasteiger partial charge in [-0.25, -0.2) is 0 Å². The van der Waals surface area contributed by atoms with Crippen molar-refractivity contribution in [2.24, 2.45) is 0 Å². The Bertz CT molecular complexity index is 817. The van der Waals surface area contributed by atoms with Gasteiger partial charge in [-0.1, -0.05) is 44.5 Å². The van der Waals surface area contributed by atoms with E-state index in [1.165, 1.54) is 0 Å². The first-order valence-corrected chi connectivity index (χ1v) is 9.63. The summed E-state index contributed by atoms with van der Waals surface area (Å²) in [5, 5.41) is 6.31. The van der Waals surface area contributed by atoms with E-state index in [2.05, 4.69) is 24.5 Å². The molecule has 1 aliphatic rings. The molecule has 0 radical (unpaired) electrons. The number of carbonyl (C=O) groups is 2. The number of unbranched alkanes of at least 4 members (excludes halogenated alkanes) is 2. The van der Waals surface area contributed by atoms with Crippen LogP contribution in [-0.4, -0.2) is 24.4 Å². The molecule has 0 aliphatic carbocycles. The lowest BCUT2D eigenvalue weighted by molar-refractivity contribution is -0.118. The Morgan fingerprint density at radius 3 is 2.48 bits per heavy atom. The Kier molecular flexibility index (Phi) is 6.24. The minimum atomic E-state index is -0.187. The van der Waals surface area contributed by atoms with Crippen LogP contribution in [0.5, 0.6) is 0 Å². The largest absolute Gasteiger partial charge is 0.320 e. The van der Waals surface area contributed by atoms with Crippen molar-refractivity contribution in [1.29, 1.82) is 0 Å². The number of para-hydroxylation sites is 3. The van der Waals surface area contributed by atoms with Gasteiger partial charge in [-0.15, -0.1) is 0 Å². The van der Waals surface area contributed by atoms with Gasteiger partial charge in [-0.2, -0.15) is 0 Å². The lowest BCUT2D eigenvalue weighted by Gasteiger charge is -2.24. The molecule has 0 spiro atoms. The number of nitrogens with one attached hydrogen (secondary N) is 2. The molecule has 1 heterocycles. The smallest absolute Gasteiger partial charge is 0.257 e. The second kappa shape index (κ2) is 8.82. The van der Waals surface area contributed by atoms with Crippen molar-refractivity contribution in [3.63, 3.8) is 0 Å². The number of hydrogen-bond donors (Lipinski definition) is 2. The Morgan fingerprint density at radius 2 is 1.70 bits per heavy atom. The summed E-state index contributed by atoms with van der Waals surface area (Å²) in [7, 11) is 0. The van der Waals surface area contributed by atoms with Gasteiger partial charge >= 0.3 is 0 Å². The molecule has 2 N–H and O–H groups in total. The predicted molar refractivity (Wildman–Crippen MR) is 110 cm³/mol. The average Bonchev–Trinajstić information content (AvgIpc) is 2.78. The minimum Gasteiger partial charge on any atom is -0.320 e. The molecule has 5 heteroatoms. The number of anilines is 3. The molecule has 3 rings (SSSR count). The molecule has 142 valence electrons. The zero-order valence-corrected chi connectivity index (χ0v) is 16.0. The van der Waals surface area contributed by atoms with Gasteiger partial charge in [0, 0.05) is 12.5 Å². The van der Waals surface area contributed by atoms with Crippen LogP contribution in [-0.2, 0) is 4.79 Å². The maximum atomic E-state index is 13.1. The number of amides is 2. The fourth-order valence-electron chi connectivity index (χ4n) is 3.30. The molecule has 0 saturated carbocycles. The molecule has 5 nitrogen and oxygen atoms in total. The quantitative estimate of drug-likeness (QED) is 0.712. The molecule has 0 fully saturated rings. The number of nitrogens with zero attached hydrogens (tertiary/aromatic N) is 1. The lowest BCUT2D eigenvalue weighted by atomic mass is 10.1. The normalized spacial score (nSPS) is 13.0. The van der Waals surface area contributed by atoms with Gasteiger partial charge < -0.3 is 10.6 Å². The second-order valence-electron chi connectivity index (χ2n) is 7.14. The summed E-state index contributed by atoms with van der Waals surface area (Å²) < 4.78 is 0. The molecule has 0 unspecified atom stereocenters. The topological polar surface area (TPSA) is 61.4 Å². The fourth-order valence-corrected chi connectivity index (χ4v) is 3.30. The predicted octanol–water partition coefficient (Wildman–Crippen LogP) is 4.48. The Hall–Kier alpha value is -2.66. The highest BCUT2D eigenvalue weighted by atomic mass is 16.2. The van der Waals surface area contributed by atoms with E-state index < -0.39 is 0 Å². The summed E-state index contributed by atoms with van der Waals surface area (Å²) in [5.74, 6) is -0.170. The van der Waals surface area contributed by atoms with E-state index in [9.17, 15) is 9.59 Å². The van der Waals surface area contributed by atoms with Gasteiger partial charge in [0.1, 0.15) is 0 Å². The summed E-state index contributed by atoms with van der Waals surface area (Å²) >= 11 is 0. The first-order chi connectivity index (χ1) is 13.1. The molecule has 0 aromatic heterocycles. The number of rotatable bonds is 7. The molecule has 0 atom stereocenters.